The molecule has 6 nitrogen and oxygen atoms in total. The van der Waals surface area contributed by atoms with Crippen molar-refractivity contribution in [2.75, 3.05) is 6.61 Å². The second-order valence-electron chi connectivity index (χ2n) is 6.19. The van der Waals surface area contributed by atoms with Crippen molar-refractivity contribution in [1.29, 1.82) is 0 Å². The van der Waals surface area contributed by atoms with Crippen LogP contribution >= 0.6 is 11.6 Å². The molecule has 0 fully saturated rings. The van der Waals surface area contributed by atoms with Crippen molar-refractivity contribution < 1.29 is 14.1 Å². The average molecular weight is 386 g/mol. The van der Waals surface area contributed by atoms with Crippen molar-refractivity contribution in [3.63, 3.8) is 0 Å². The summed E-state index contributed by atoms with van der Waals surface area (Å²) in [6.07, 6.45) is 0. The zero-order chi connectivity index (χ0) is 19.2. The number of amides is 1. The molecule has 3 rings (SSSR count). The van der Waals surface area contributed by atoms with E-state index in [9.17, 15) is 4.79 Å². The lowest BCUT2D eigenvalue weighted by molar-refractivity contribution is -0.126. The van der Waals surface area contributed by atoms with Gasteiger partial charge in [-0.1, -0.05) is 59.2 Å². The zero-order valence-electron chi connectivity index (χ0n) is 15.1. The molecule has 1 aromatic heterocycles. The van der Waals surface area contributed by atoms with Gasteiger partial charge in [0, 0.05) is 10.6 Å². The summed E-state index contributed by atoms with van der Waals surface area (Å²) in [5.74, 6) is 0.489. The highest BCUT2D eigenvalue weighted by molar-refractivity contribution is 6.31. The van der Waals surface area contributed by atoms with Crippen LogP contribution in [0.25, 0.3) is 11.4 Å². The Balaban J connectivity index is 1.53. The van der Waals surface area contributed by atoms with Crippen molar-refractivity contribution >= 4 is 17.5 Å². The number of rotatable bonds is 7. The van der Waals surface area contributed by atoms with E-state index < -0.39 is 6.04 Å². The summed E-state index contributed by atoms with van der Waals surface area (Å²) in [6.45, 7) is 4.02. The number of nitrogens with zero attached hydrogens (tertiary/aromatic N) is 2. The lowest BCUT2D eigenvalue weighted by Gasteiger charge is -2.10. The van der Waals surface area contributed by atoms with Gasteiger partial charge in [0.2, 0.25) is 17.6 Å². The summed E-state index contributed by atoms with van der Waals surface area (Å²) in [5, 5.41) is 7.38. The van der Waals surface area contributed by atoms with Gasteiger partial charge in [0.05, 0.1) is 6.61 Å². The first-order valence-electron chi connectivity index (χ1n) is 8.54. The first kappa shape index (κ1) is 19.1. The summed E-state index contributed by atoms with van der Waals surface area (Å²) >= 11 is 6.14. The van der Waals surface area contributed by atoms with Gasteiger partial charge < -0.3 is 14.6 Å². The van der Waals surface area contributed by atoms with Gasteiger partial charge in [0.25, 0.3) is 0 Å². The SMILES string of the molecule is Cc1ccc(-c2noc([C@H](C)NC(=O)COCc3ccccc3)n2)cc1Cl. The van der Waals surface area contributed by atoms with Crippen molar-refractivity contribution in [2.24, 2.45) is 0 Å². The molecule has 0 spiro atoms. The van der Waals surface area contributed by atoms with Gasteiger partial charge in [-0.2, -0.15) is 4.98 Å². The largest absolute Gasteiger partial charge is 0.367 e. The minimum atomic E-state index is -0.431. The Hall–Kier alpha value is -2.70. The van der Waals surface area contributed by atoms with E-state index in [1.165, 1.54) is 0 Å². The fourth-order valence-electron chi connectivity index (χ4n) is 2.44. The number of nitrogens with one attached hydrogen (secondary N) is 1. The number of carbonyl (C=O) groups excluding carboxylic acids is 1. The predicted octanol–water partition coefficient (Wildman–Crippen LogP) is 4.09. The molecule has 0 bridgehead atoms. The molecule has 0 radical (unpaired) electrons. The van der Waals surface area contributed by atoms with Crippen molar-refractivity contribution in [1.82, 2.24) is 15.5 Å². The molecule has 27 heavy (non-hydrogen) atoms. The van der Waals surface area contributed by atoms with Gasteiger partial charge >= 0.3 is 0 Å². The zero-order valence-corrected chi connectivity index (χ0v) is 15.9. The Labute approximate surface area is 162 Å². The van der Waals surface area contributed by atoms with Gasteiger partial charge in [-0.25, -0.2) is 0 Å². The Morgan fingerprint density at radius 2 is 2.04 bits per heavy atom. The second-order valence-corrected chi connectivity index (χ2v) is 6.59. The number of hydrogen-bond donors (Lipinski definition) is 1. The van der Waals surface area contributed by atoms with Crippen molar-refractivity contribution in [3.8, 4) is 11.4 Å². The highest BCUT2D eigenvalue weighted by atomic mass is 35.5. The molecule has 2 aromatic carbocycles. The van der Waals surface area contributed by atoms with Gasteiger partial charge in [0.1, 0.15) is 12.6 Å². The van der Waals surface area contributed by atoms with Crippen molar-refractivity contribution in [2.45, 2.75) is 26.5 Å². The van der Waals surface area contributed by atoms with Crippen LogP contribution in [0.15, 0.2) is 53.1 Å². The molecule has 0 unspecified atom stereocenters. The molecule has 0 saturated heterocycles. The van der Waals surface area contributed by atoms with Crippen LogP contribution in [0.3, 0.4) is 0 Å². The monoisotopic (exact) mass is 385 g/mol. The van der Waals surface area contributed by atoms with E-state index in [0.29, 0.717) is 23.3 Å². The highest BCUT2D eigenvalue weighted by Gasteiger charge is 2.17. The number of ether oxygens (including phenoxy) is 1. The topological polar surface area (TPSA) is 77.2 Å². The lowest BCUT2D eigenvalue weighted by atomic mass is 10.1. The van der Waals surface area contributed by atoms with Crippen LogP contribution in [0.4, 0.5) is 0 Å². The molecular formula is C20H20ClN3O3. The van der Waals surface area contributed by atoms with E-state index in [1.807, 2.05) is 49.4 Å². The summed E-state index contributed by atoms with van der Waals surface area (Å²) in [7, 11) is 0. The Bertz CT molecular complexity index is 912. The molecule has 0 saturated carbocycles. The smallest absolute Gasteiger partial charge is 0.249 e. The fourth-order valence-corrected chi connectivity index (χ4v) is 2.62. The van der Waals surface area contributed by atoms with Gasteiger partial charge in [-0.15, -0.1) is 0 Å². The van der Waals surface area contributed by atoms with Crippen LogP contribution in [0, 0.1) is 6.92 Å². The number of halogens is 1. The Morgan fingerprint density at radius 1 is 1.26 bits per heavy atom. The van der Waals surface area contributed by atoms with Crippen molar-refractivity contribution in [3.05, 3.63) is 70.6 Å². The number of aromatic nitrogens is 2. The summed E-state index contributed by atoms with van der Waals surface area (Å²) < 4.78 is 10.7. The molecule has 0 aliphatic carbocycles. The maximum atomic E-state index is 12.0. The minimum Gasteiger partial charge on any atom is -0.367 e. The maximum absolute atomic E-state index is 12.0. The van der Waals surface area contributed by atoms with E-state index >= 15 is 0 Å². The van der Waals surface area contributed by atoms with Crippen LogP contribution < -0.4 is 5.32 Å². The van der Waals surface area contributed by atoms with E-state index in [2.05, 4.69) is 15.5 Å². The van der Waals surface area contributed by atoms with Crippen LogP contribution in [0.2, 0.25) is 5.02 Å². The van der Waals surface area contributed by atoms with E-state index in [-0.39, 0.29) is 12.5 Å². The standard InChI is InChI=1S/C20H20ClN3O3/c1-13-8-9-16(10-17(13)21)19-23-20(27-24-19)14(2)22-18(25)12-26-11-15-6-4-3-5-7-15/h3-10,14H,11-12H2,1-2H3,(H,22,25)/t14-/m0/s1. The first-order chi connectivity index (χ1) is 13.0. The molecular weight excluding hydrogens is 366 g/mol. The average Bonchev–Trinajstić information content (AvgIpc) is 3.15. The highest BCUT2D eigenvalue weighted by Crippen LogP contribution is 2.24. The van der Waals surface area contributed by atoms with Gasteiger partial charge in [0.15, 0.2) is 0 Å². The van der Waals surface area contributed by atoms with E-state index in [0.717, 1.165) is 16.7 Å². The van der Waals surface area contributed by atoms with Gasteiger partial charge in [-0.3, -0.25) is 4.79 Å². The summed E-state index contributed by atoms with van der Waals surface area (Å²) in [5.41, 5.74) is 2.74. The molecule has 1 atom stereocenters. The summed E-state index contributed by atoms with van der Waals surface area (Å²) in [6, 6.07) is 14.8. The van der Waals surface area contributed by atoms with Crippen LogP contribution in [-0.4, -0.2) is 22.7 Å². The minimum absolute atomic E-state index is 0.0478. The van der Waals surface area contributed by atoms with Crippen LogP contribution in [0.5, 0.6) is 0 Å². The van der Waals surface area contributed by atoms with Crippen LogP contribution in [-0.2, 0) is 16.1 Å². The molecule has 1 heterocycles. The lowest BCUT2D eigenvalue weighted by Crippen LogP contribution is -2.30. The second kappa shape index (κ2) is 8.79. The van der Waals surface area contributed by atoms with Crippen LogP contribution in [0.1, 0.15) is 30.0 Å². The quantitative estimate of drug-likeness (QED) is 0.662. The first-order valence-corrected chi connectivity index (χ1v) is 8.92. The molecule has 0 aliphatic rings. The third kappa shape index (κ3) is 5.15. The molecule has 3 aromatic rings. The summed E-state index contributed by atoms with van der Waals surface area (Å²) in [4.78, 5) is 16.4. The number of aryl methyl sites for hydroxylation is 1. The number of hydrogen-bond acceptors (Lipinski definition) is 5. The maximum Gasteiger partial charge on any atom is 0.249 e. The third-order valence-corrected chi connectivity index (χ3v) is 4.37. The molecule has 1 N–H and O–H groups in total. The van der Waals surface area contributed by atoms with E-state index in [4.69, 9.17) is 20.9 Å². The normalized spacial score (nSPS) is 12.0. The van der Waals surface area contributed by atoms with E-state index in [1.54, 1.807) is 13.0 Å². The van der Waals surface area contributed by atoms with Gasteiger partial charge in [-0.05, 0) is 31.0 Å². The molecule has 0 aliphatic heterocycles. The Morgan fingerprint density at radius 3 is 2.78 bits per heavy atom. The third-order valence-electron chi connectivity index (χ3n) is 3.96. The number of carbonyl (C=O) groups is 1. The predicted molar refractivity (Wildman–Crippen MR) is 102 cm³/mol. The molecule has 140 valence electrons. The number of benzene rings is 2. The molecule has 7 heteroatoms. The Kier molecular flexibility index (Phi) is 6.21. The molecule has 1 amide bonds. The fraction of sp³-hybridized carbons (Fsp3) is 0.250.